The molecule has 0 saturated heterocycles. The van der Waals surface area contributed by atoms with Crippen molar-refractivity contribution < 1.29 is 4.79 Å². The number of carbonyl (C=O) groups is 1. The number of nitrogens with zero attached hydrogens (tertiary/aromatic N) is 5. The van der Waals surface area contributed by atoms with E-state index in [1.807, 2.05) is 29.6 Å². The quantitative estimate of drug-likeness (QED) is 0.208. The van der Waals surface area contributed by atoms with E-state index >= 15 is 0 Å². The number of nitrogens with one attached hydrogen (secondary N) is 1. The first-order chi connectivity index (χ1) is 18.6. The predicted octanol–water partition coefficient (Wildman–Crippen LogP) is 5.78. The molecule has 0 unspecified atom stereocenters. The highest BCUT2D eigenvalue weighted by Gasteiger charge is 2.22. The van der Waals surface area contributed by atoms with Crippen molar-refractivity contribution in [3.05, 3.63) is 116 Å². The molecular weight excluding hydrogens is 540 g/mol. The largest absolute Gasteiger partial charge is 0.298 e. The third-order valence-electron chi connectivity index (χ3n) is 5.66. The van der Waals surface area contributed by atoms with Crippen molar-refractivity contribution in [3.63, 3.8) is 0 Å². The summed E-state index contributed by atoms with van der Waals surface area (Å²) in [6.07, 6.45) is 3.04. The molecule has 4 aromatic heterocycles. The van der Waals surface area contributed by atoms with Crippen molar-refractivity contribution in [1.82, 2.24) is 25.0 Å². The van der Waals surface area contributed by atoms with E-state index in [1.54, 1.807) is 77.4 Å². The molecule has 6 aromatic rings. The average Bonchev–Trinajstić information content (AvgIpc) is 3.71. The summed E-state index contributed by atoms with van der Waals surface area (Å²) in [5.41, 5.74) is 3.49. The Morgan fingerprint density at radius 1 is 0.921 bits per heavy atom. The van der Waals surface area contributed by atoms with Crippen LogP contribution in [0.3, 0.4) is 0 Å². The topological polar surface area (TPSA) is 94.2 Å². The zero-order valence-electron chi connectivity index (χ0n) is 19.5. The smallest absolute Gasteiger partial charge is 0.265 e. The number of amides is 1. The van der Waals surface area contributed by atoms with Gasteiger partial charge in [-0.3, -0.25) is 9.59 Å². The molecule has 11 heteroatoms. The second-order valence-electron chi connectivity index (χ2n) is 8.07. The second-order valence-corrected chi connectivity index (χ2v) is 10.6. The van der Waals surface area contributed by atoms with Crippen molar-refractivity contribution in [2.45, 2.75) is 0 Å². The number of carbonyl (C=O) groups excluding carboxylic acids is 1. The van der Waals surface area contributed by atoms with Gasteiger partial charge < -0.3 is 0 Å². The Morgan fingerprint density at radius 2 is 1.71 bits per heavy atom. The monoisotopic (exact) mass is 556 g/mol. The normalized spacial score (nSPS) is 11.4. The summed E-state index contributed by atoms with van der Waals surface area (Å²) in [7, 11) is 0. The zero-order valence-corrected chi connectivity index (χ0v) is 21.9. The number of benzene rings is 2. The average molecular weight is 557 g/mol. The van der Waals surface area contributed by atoms with Gasteiger partial charge in [0.05, 0.1) is 29.2 Å². The van der Waals surface area contributed by atoms with Crippen LogP contribution in [0.4, 0.5) is 0 Å². The molecule has 186 valence electrons. The van der Waals surface area contributed by atoms with Gasteiger partial charge in [0, 0.05) is 19.7 Å². The number of hydrogen-bond donors (Lipinski definition) is 1. The summed E-state index contributed by atoms with van der Waals surface area (Å²) >= 11 is 9.28. The third-order valence-corrected chi connectivity index (χ3v) is 7.99. The zero-order chi connectivity index (χ0) is 26.1. The van der Waals surface area contributed by atoms with Crippen LogP contribution in [0.15, 0.2) is 100 Å². The van der Waals surface area contributed by atoms with Gasteiger partial charge in [0.25, 0.3) is 11.5 Å². The number of thiophene rings is 2. The van der Waals surface area contributed by atoms with Crippen LogP contribution in [-0.4, -0.2) is 31.7 Å². The number of hydrogen-bond acceptors (Lipinski definition) is 7. The van der Waals surface area contributed by atoms with E-state index in [2.05, 4.69) is 26.8 Å². The van der Waals surface area contributed by atoms with Gasteiger partial charge in [-0.25, -0.2) is 10.1 Å². The van der Waals surface area contributed by atoms with Gasteiger partial charge in [0.1, 0.15) is 5.52 Å². The van der Waals surface area contributed by atoms with Crippen LogP contribution in [0.5, 0.6) is 0 Å². The van der Waals surface area contributed by atoms with Gasteiger partial charge in [-0.2, -0.15) is 20.0 Å². The minimum atomic E-state index is -0.568. The molecule has 1 amide bonds. The number of rotatable bonds is 6. The molecule has 4 heterocycles. The Kier molecular flexibility index (Phi) is 6.42. The minimum Gasteiger partial charge on any atom is -0.265 e. The van der Waals surface area contributed by atoms with Crippen molar-refractivity contribution in [2.24, 2.45) is 5.10 Å². The molecule has 0 aliphatic carbocycles. The Balaban J connectivity index is 1.39. The van der Waals surface area contributed by atoms with Gasteiger partial charge in [-0.1, -0.05) is 35.9 Å². The maximum absolute atomic E-state index is 13.6. The van der Waals surface area contributed by atoms with Crippen molar-refractivity contribution in [3.8, 4) is 21.1 Å². The fraction of sp³-hybridized carbons (Fsp3) is 0. The summed E-state index contributed by atoms with van der Waals surface area (Å²) in [6, 6.07) is 23.8. The Bertz CT molecular complexity index is 1840. The number of hydrazone groups is 1. The van der Waals surface area contributed by atoms with Crippen LogP contribution in [0, 0.1) is 0 Å². The van der Waals surface area contributed by atoms with Gasteiger partial charge in [-0.15, -0.1) is 22.7 Å². The molecule has 0 aliphatic rings. The number of aromatic nitrogens is 4. The first-order valence-corrected chi connectivity index (χ1v) is 13.5. The fourth-order valence-electron chi connectivity index (χ4n) is 3.90. The summed E-state index contributed by atoms with van der Waals surface area (Å²) in [4.78, 5) is 30.0. The highest BCUT2D eigenvalue weighted by Crippen LogP contribution is 2.30. The highest BCUT2D eigenvalue weighted by molar-refractivity contribution is 7.22. The van der Waals surface area contributed by atoms with Gasteiger partial charge in [0.15, 0.2) is 5.69 Å². The van der Waals surface area contributed by atoms with Crippen molar-refractivity contribution in [2.75, 3.05) is 0 Å². The minimum absolute atomic E-state index is 0.0197. The van der Waals surface area contributed by atoms with E-state index in [0.717, 1.165) is 9.75 Å². The molecule has 0 saturated carbocycles. The van der Waals surface area contributed by atoms with Crippen molar-refractivity contribution >= 4 is 57.3 Å². The molecular formula is C27H17ClN6O2S2. The molecule has 0 radical (unpaired) electrons. The van der Waals surface area contributed by atoms with Crippen LogP contribution in [0.1, 0.15) is 15.4 Å². The summed E-state index contributed by atoms with van der Waals surface area (Å²) in [5, 5.41) is 15.8. The fourth-order valence-corrected chi connectivity index (χ4v) is 5.74. The second kappa shape index (κ2) is 10.2. The lowest BCUT2D eigenvalue weighted by Gasteiger charge is -2.09. The first kappa shape index (κ1) is 24.0. The van der Waals surface area contributed by atoms with E-state index < -0.39 is 11.5 Å². The molecule has 0 spiro atoms. The molecule has 8 nitrogen and oxygen atoms in total. The molecule has 0 atom stereocenters. The first-order valence-electron chi connectivity index (χ1n) is 11.4. The molecule has 6 rings (SSSR count). The van der Waals surface area contributed by atoms with Crippen LogP contribution in [-0.2, 0) is 0 Å². The molecule has 1 N–H and O–H groups in total. The number of halogens is 1. The molecule has 0 fully saturated rings. The number of fused-ring (bicyclic) bond motifs is 1. The third kappa shape index (κ3) is 4.56. The Hall–Kier alpha value is -4.38. The standard InChI is InChI=1S/C27H17ClN6O2S2/c28-17-8-10-19(11-9-17)33-25-21(16-30-33)24(32-34(27(25)36)18-5-2-1-3-6-18)26(35)31-29-15-20-12-13-23(38-20)22-7-4-14-37-22/h1-16H,(H,31,35)/b29-15+. The maximum Gasteiger partial charge on any atom is 0.298 e. The maximum atomic E-state index is 13.6. The summed E-state index contributed by atoms with van der Waals surface area (Å²) in [5.74, 6) is -0.568. The number of para-hydroxylation sites is 1. The van der Waals surface area contributed by atoms with Crippen molar-refractivity contribution in [1.29, 1.82) is 0 Å². The van der Waals surface area contributed by atoms with E-state index in [-0.39, 0.29) is 11.2 Å². The van der Waals surface area contributed by atoms with E-state index in [1.165, 1.54) is 20.4 Å². The lowest BCUT2D eigenvalue weighted by molar-refractivity contribution is 0.0950. The van der Waals surface area contributed by atoms with Crippen LogP contribution < -0.4 is 11.0 Å². The van der Waals surface area contributed by atoms with E-state index in [9.17, 15) is 9.59 Å². The molecule has 2 aromatic carbocycles. The predicted molar refractivity (Wildman–Crippen MR) is 152 cm³/mol. The van der Waals surface area contributed by atoms with Gasteiger partial charge in [-0.05, 0) is 60.0 Å². The highest BCUT2D eigenvalue weighted by atomic mass is 35.5. The van der Waals surface area contributed by atoms with E-state index in [4.69, 9.17) is 11.6 Å². The van der Waals surface area contributed by atoms with Crippen LogP contribution in [0.2, 0.25) is 5.02 Å². The SMILES string of the molecule is O=C(N/N=C/c1ccc(-c2cccs2)s1)c1nn(-c2ccccc2)c(=O)c2c1cnn2-c1ccc(Cl)cc1. The van der Waals surface area contributed by atoms with Gasteiger partial charge >= 0.3 is 0 Å². The van der Waals surface area contributed by atoms with Crippen LogP contribution in [0.25, 0.3) is 32.0 Å². The summed E-state index contributed by atoms with van der Waals surface area (Å²) in [6.45, 7) is 0. The van der Waals surface area contributed by atoms with Gasteiger partial charge in [0.2, 0.25) is 0 Å². The summed E-state index contributed by atoms with van der Waals surface area (Å²) < 4.78 is 2.68. The molecule has 38 heavy (non-hydrogen) atoms. The van der Waals surface area contributed by atoms with Crippen LogP contribution >= 0.6 is 34.3 Å². The Morgan fingerprint density at radius 3 is 2.47 bits per heavy atom. The molecule has 0 bridgehead atoms. The lowest BCUT2D eigenvalue weighted by atomic mass is 10.2. The Labute approximate surface area is 229 Å². The lowest BCUT2D eigenvalue weighted by Crippen LogP contribution is -2.28. The van der Waals surface area contributed by atoms with E-state index in [0.29, 0.717) is 21.8 Å². The molecule has 0 aliphatic heterocycles.